The van der Waals surface area contributed by atoms with Crippen LogP contribution in [0.4, 0.5) is 13.2 Å². The number of halogens is 3. The van der Waals surface area contributed by atoms with Crippen molar-refractivity contribution in [2.45, 2.75) is 19.1 Å². The second-order valence-electron chi connectivity index (χ2n) is 5.83. The maximum atomic E-state index is 12.7. The molecule has 1 N–H and O–H groups in total. The molecule has 3 rings (SSSR count). The van der Waals surface area contributed by atoms with Gasteiger partial charge in [0, 0.05) is 5.56 Å². The molecule has 0 atom stereocenters. The number of benzene rings is 2. The summed E-state index contributed by atoms with van der Waals surface area (Å²) in [4.78, 5) is 1.27. The van der Waals surface area contributed by atoms with Crippen LogP contribution in [0.2, 0.25) is 0 Å². The zero-order valence-corrected chi connectivity index (χ0v) is 14.4. The lowest BCUT2D eigenvalue weighted by Crippen LogP contribution is -2.06. The highest BCUT2D eigenvalue weighted by Gasteiger charge is 2.29. The minimum Gasteiger partial charge on any atom is -0.497 e. The summed E-state index contributed by atoms with van der Waals surface area (Å²) in [6.07, 6.45) is -3.97. The normalized spacial score (nSPS) is 11.6. The number of alkyl halides is 3. The SMILES string of the molecule is COc1ccc(Cc2ccc(C(F)(F)F)cc2)c(-c2nnn(CCO)n2)c1. The van der Waals surface area contributed by atoms with Crippen LogP contribution in [0.15, 0.2) is 42.5 Å². The highest BCUT2D eigenvalue weighted by atomic mass is 19.4. The van der Waals surface area contributed by atoms with Crippen LogP contribution in [0, 0.1) is 0 Å². The predicted octanol–water partition coefficient (Wildman–Crippen LogP) is 2.95. The number of methoxy groups -OCH3 is 1. The number of aliphatic hydroxyl groups excluding tert-OH is 1. The molecule has 6 nitrogen and oxygen atoms in total. The van der Waals surface area contributed by atoms with Gasteiger partial charge in [0.05, 0.1) is 25.8 Å². The number of aromatic nitrogens is 4. The number of nitrogens with zero attached hydrogens (tertiary/aromatic N) is 4. The van der Waals surface area contributed by atoms with Gasteiger partial charge in [-0.15, -0.1) is 10.2 Å². The molecule has 9 heteroatoms. The van der Waals surface area contributed by atoms with E-state index in [4.69, 9.17) is 9.84 Å². The molecular weight excluding hydrogens is 361 g/mol. The Morgan fingerprint density at radius 1 is 1.11 bits per heavy atom. The lowest BCUT2D eigenvalue weighted by atomic mass is 9.98. The van der Waals surface area contributed by atoms with E-state index in [0.29, 0.717) is 23.6 Å². The largest absolute Gasteiger partial charge is 0.497 e. The van der Waals surface area contributed by atoms with E-state index in [1.807, 2.05) is 6.07 Å². The molecule has 27 heavy (non-hydrogen) atoms. The van der Waals surface area contributed by atoms with E-state index in [1.54, 1.807) is 12.1 Å². The molecule has 0 spiro atoms. The van der Waals surface area contributed by atoms with Crippen molar-refractivity contribution in [1.29, 1.82) is 0 Å². The van der Waals surface area contributed by atoms with Crippen LogP contribution in [-0.4, -0.2) is 39.0 Å². The van der Waals surface area contributed by atoms with Crippen LogP contribution in [0.5, 0.6) is 5.75 Å². The summed E-state index contributed by atoms with van der Waals surface area (Å²) in [7, 11) is 1.53. The molecule has 0 unspecified atom stereocenters. The van der Waals surface area contributed by atoms with Gasteiger partial charge in [-0.05, 0) is 47.0 Å². The number of aliphatic hydroxyl groups is 1. The minimum absolute atomic E-state index is 0.119. The zero-order chi connectivity index (χ0) is 19.4. The van der Waals surface area contributed by atoms with Crippen LogP contribution >= 0.6 is 0 Å². The first kappa shape index (κ1) is 18.8. The summed E-state index contributed by atoms with van der Waals surface area (Å²) < 4.78 is 43.4. The van der Waals surface area contributed by atoms with Crippen molar-refractivity contribution < 1.29 is 23.0 Å². The lowest BCUT2D eigenvalue weighted by Gasteiger charge is -2.11. The number of tetrazole rings is 1. The van der Waals surface area contributed by atoms with Crippen molar-refractivity contribution in [3.63, 3.8) is 0 Å². The third kappa shape index (κ3) is 4.43. The Bertz CT molecular complexity index is 908. The topological polar surface area (TPSA) is 73.1 Å². The quantitative estimate of drug-likeness (QED) is 0.714. The van der Waals surface area contributed by atoms with Gasteiger partial charge in [0.15, 0.2) is 0 Å². The second-order valence-corrected chi connectivity index (χ2v) is 5.83. The molecule has 0 aliphatic rings. The van der Waals surface area contributed by atoms with Gasteiger partial charge in [-0.2, -0.15) is 18.0 Å². The summed E-state index contributed by atoms with van der Waals surface area (Å²) in [6, 6.07) is 10.4. The summed E-state index contributed by atoms with van der Waals surface area (Å²) in [5.74, 6) is 0.948. The van der Waals surface area contributed by atoms with Gasteiger partial charge in [0.1, 0.15) is 5.75 Å². The fraction of sp³-hybridized carbons (Fsp3) is 0.278. The monoisotopic (exact) mass is 378 g/mol. The van der Waals surface area contributed by atoms with Crippen molar-refractivity contribution in [2.75, 3.05) is 13.7 Å². The highest BCUT2D eigenvalue weighted by Crippen LogP contribution is 2.31. The van der Waals surface area contributed by atoms with Gasteiger partial charge in [-0.25, -0.2) is 0 Å². The van der Waals surface area contributed by atoms with E-state index in [1.165, 1.54) is 24.0 Å². The van der Waals surface area contributed by atoms with Crippen molar-refractivity contribution >= 4 is 0 Å². The van der Waals surface area contributed by atoms with Crippen molar-refractivity contribution in [1.82, 2.24) is 20.2 Å². The molecule has 0 aliphatic heterocycles. The number of hydrogen-bond acceptors (Lipinski definition) is 5. The molecule has 3 aromatic rings. The first-order chi connectivity index (χ1) is 12.9. The Balaban J connectivity index is 1.92. The molecular formula is C18H17F3N4O2. The maximum absolute atomic E-state index is 12.7. The zero-order valence-electron chi connectivity index (χ0n) is 14.4. The van der Waals surface area contributed by atoms with Crippen LogP contribution < -0.4 is 4.74 Å². The Morgan fingerprint density at radius 3 is 2.48 bits per heavy atom. The Hall–Kier alpha value is -2.94. The standard InChI is InChI=1S/C18H17F3N4O2/c1-27-15-7-4-13(10-12-2-5-14(6-3-12)18(19,20)21)16(11-15)17-22-24-25(23-17)8-9-26/h2-7,11,26H,8-10H2,1H3. The van der Waals surface area contributed by atoms with Crippen LogP contribution in [0.3, 0.4) is 0 Å². The molecule has 142 valence electrons. The van der Waals surface area contributed by atoms with Crippen LogP contribution in [-0.2, 0) is 19.1 Å². The molecule has 0 radical (unpaired) electrons. The molecule has 0 amide bonds. The Labute approximate surface area is 153 Å². The molecule has 1 aromatic heterocycles. The van der Waals surface area contributed by atoms with Crippen LogP contribution in [0.25, 0.3) is 11.4 Å². The number of hydrogen-bond donors (Lipinski definition) is 1. The summed E-state index contributed by atoms with van der Waals surface area (Å²) in [5.41, 5.74) is 1.52. The molecule has 0 aliphatic carbocycles. The van der Waals surface area contributed by atoms with Gasteiger partial charge < -0.3 is 9.84 Å². The lowest BCUT2D eigenvalue weighted by molar-refractivity contribution is -0.137. The predicted molar refractivity (Wildman–Crippen MR) is 91.1 cm³/mol. The smallest absolute Gasteiger partial charge is 0.416 e. The molecule has 0 fully saturated rings. The third-order valence-corrected chi connectivity index (χ3v) is 3.99. The number of ether oxygens (including phenoxy) is 1. The van der Waals surface area contributed by atoms with E-state index in [0.717, 1.165) is 23.3 Å². The molecule has 0 saturated heterocycles. The van der Waals surface area contributed by atoms with E-state index in [9.17, 15) is 13.2 Å². The highest BCUT2D eigenvalue weighted by molar-refractivity contribution is 5.63. The fourth-order valence-electron chi connectivity index (χ4n) is 2.61. The molecule has 2 aromatic carbocycles. The first-order valence-corrected chi connectivity index (χ1v) is 8.13. The van der Waals surface area contributed by atoms with E-state index in [2.05, 4.69) is 15.4 Å². The van der Waals surface area contributed by atoms with Crippen molar-refractivity contribution in [3.05, 3.63) is 59.2 Å². The van der Waals surface area contributed by atoms with Gasteiger partial charge in [-0.1, -0.05) is 18.2 Å². The fourth-order valence-corrected chi connectivity index (χ4v) is 2.61. The maximum Gasteiger partial charge on any atom is 0.416 e. The average molecular weight is 378 g/mol. The minimum atomic E-state index is -4.36. The Morgan fingerprint density at radius 2 is 1.85 bits per heavy atom. The van der Waals surface area contributed by atoms with Gasteiger partial charge in [-0.3, -0.25) is 0 Å². The first-order valence-electron chi connectivity index (χ1n) is 8.13. The summed E-state index contributed by atoms with van der Waals surface area (Å²) in [6.45, 7) is 0.0948. The van der Waals surface area contributed by atoms with Crippen molar-refractivity contribution in [2.24, 2.45) is 0 Å². The number of rotatable bonds is 6. The third-order valence-electron chi connectivity index (χ3n) is 3.99. The second kappa shape index (κ2) is 7.75. The average Bonchev–Trinajstić information content (AvgIpc) is 3.10. The van der Waals surface area contributed by atoms with E-state index >= 15 is 0 Å². The van der Waals surface area contributed by atoms with E-state index < -0.39 is 11.7 Å². The van der Waals surface area contributed by atoms with Crippen LogP contribution in [0.1, 0.15) is 16.7 Å². The summed E-state index contributed by atoms with van der Waals surface area (Å²) >= 11 is 0. The van der Waals surface area contributed by atoms with Crippen molar-refractivity contribution in [3.8, 4) is 17.1 Å². The Kier molecular flexibility index (Phi) is 5.41. The molecule has 0 bridgehead atoms. The summed E-state index contributed by atoms with van der Waals surface area (Å²) in [5, 5.41) is 21.1. The molecule has 1 heterocycles. The van der Waals surface area contributed by atoms with Gasteiger partial charge >= 0.3 is 6.18 Å². The van der Waals surface area contributed by atoms with E-state index in [-0.39, 0.29) is 13.2 Å². The van der Waals surface area contributed by atoms with Gasteiger partial charge in [0.25, 0.3) is 0 Å². The van der Waals surface area contributed by atoms with Gasteiger partial charge in [0.2, 0.25) is 5.82 Å². The molecule has 0 saturated carbocycles.